The van der Waals surface area contributed by atoms with Crippen molar-refractivity contribution in [3.8, 4) is 0 Å². The Morgan fingerprint density at radius 1 is 0.605 bits per heavy atom. The lowest BCUT2D eigenvalue weighted by molar-refractivity contribution is -0.152. The van der Waals surface area contributed by atoms with E-state index in [1.807, 2.05) is 0 Å². The van der Waals surface area contributed by atoms with E-state index in [-0.39, 0.29) is 12.1 Å². The molecule has 222 valence electrons. The van der Waals surface area contributed by atoms with Crippen molar-refractivity contribution in [1.29, 1.82) is 0 Å². The molecule has 0 fully saturated rings. The van der Waals surface area contributed by atoms with Crippen molar-refractivity contribution in [2.45, 2.75) is 155 Å². The molecule has 0 aliphatic carbocycles. The van der Waals surface area contributed by atoms with Crippen molar-refractivity contribution in [3.63, 3.8) is 0 Å². The van der Waals surface area contributed by atoms with E-state index in [4.69, 9.17) is 4.74 Å². The number of esters is 1. The van der Waals surface area contributed by atoms with Crippen LogP contribution in [-0.2, 0) is 9.53 Å². The van der Waals surface area contributed by atoms with E-state index in [2.05, 4.69) is 76.2 Å². The van der Waals surface area contributed by atoms with E-state index in [9.17, 15) is 4.79 Å². The summed E-state index contributed by atoms with van der Waals surface area (Å²) in [5.41, 5.74) is 0. The number of carbonyl (C=O) groups excluding carboxylic acids is 1. The van der Waals surface area contributed by atoms with Gasteiger partial charge in [0.15, 0.2) is 0 Å². The summed E-state index contributed by atoms with van der Waals surface area (Å²) in [6.07, 6.45) is 36.9. The first-order valence-corrected chi connectivity index (χ1v) is 16.3. The first-order valence-electron chi connectivity index (χ1n) is 16.3. The van der Waals surface area contributed by atoms with Crippen molar-refractivity contribution >= 4 is 5.97 Å². The number of ether oxygens (including phenoxy) is 1. The van der Waals surface area contributed by atoms with Crippen molar-refractivity contribution in [3.05, 3.63) is 36.5 Å². The van der Waals surface area contributed by atoms with Gasteiger partial charge in [-0.3, -0.25) is 4.79 Å². The Bertz CT molecular complexity index is 569. The second-order valence-corrected chi connectivity index (χ2v) is 11.3. The van der Waals surface area contributed by atoms with E-state index < -0.39 is 0 Å². The molecule has 1 atom stereocenters. The molecule has 0 heterocycles. The average Bonchev–Trinajstić information content (AvgIpc) is 2.89. The molecule has 3 heteroatoms. The molecular weight excluding hydrogens is 466 g/mol. The summed E-state index contributed by atoms with van der Waals surface area (Å²) in [6, 6.07) is 0. The third kappa shape index (κ3) is 25.0. The number of unbranched alkanes of at least 4 members (excludes halogenated alkanes) is 9. The van der Waals surface area contributed by atoms with Crippen LogP contribution < -0.4 is 0 Å². The second kappa shape index (κ2) is 28.7. The Kier molecular flexibility index (Phi) is 27.6. The first-order chi connectivity index (χ1) is 18.5. The highest BCUT2D eigenvalue weighted by molar-refractivity contribution is 5.69. The van der Waals surface area contributed by atoms with E-state index >= 15 is 0 Å². The molecule has 38 heavy (non-hydrogen) atoms. The molecule has 0 saturated carbocycles. The highest BCUT2D eigenvalue weighted by atomic mass is 16.5. The maximum atomic E-state index is 12.8. The van der Waals surface area contributed by atoms with Gasteiger partial charge in [0.2, 0.25) is 0 Å². The van der Waals surface area contributed by atoms with Crippen LogP contribution in [0.15, 0.2) is 36.5 Å². The van der Waals surface area contributed by atoms with Crippen LogP contribution in [-0.4, -0.2) is 37.6 Å². The largest absolute Gasteiger partial charge is 0.462 e. The number of allylic oxidation sites excluding steroid dienone is 6. The number of carbonyl (C=O) groups is 1. The maximum Gasteiger partial charge on any atom is 0.306 e. The number of hydrogen-bond donors (Lipinski definition) is 0. The van der Waals surface area contributed by atoms with Crippen LogP contribution in [0.1, 0.15) is 149 Å². The summed E-state index contributed by atoms with van der Waals surface area (Å²) in [4.78, 5) is 14.9. The highest BCUT2D eigenvalue weighted by Gasteiger charge is 2.24. The molecular formula is C35H65NO2. The number of hydrogen-bond acceptors (Lipinski definition) is 3. The lowest BCUT2D eigenvalue weighted by atomic mass is 9.88. The zero-order valence-corrected chi connectivity index (χ0v) is 26.2. The molecule has 0 aromatic rings. The molecule has 0 amide bonds. The predicted molar refractivity (Wildman–Crippen MR) is 169 cm³/mol. The summed E-state index contributed by atoms with van der Waals surface area (Å²) < 4.78 is 6.22. The third-order valence-corrected chi connectivity index (χ3v) is 7.24. The minimum Gasteiger partial charge on any atom is -0.462 e. The Labute approximate surface area is 238 Å². The standard InChI is InChI=1S/C35H65NO2/c1-6-9-12-15-18-21-24-28-33(29-25-22-19-16-13-10-7-2)34(30-26-23-20-17-14-11-8-3)38-35(37)31-27-32-36(4)5/h18-23,33-34H,6-17,24-32H2,1-5H3/b21-18-,22-19-,23-20-. The van der Waals surface area contributed by atoms with Gasteiger partial charge in [0, 0.05) is 6.42 Å². The molecule has 0 bridgehead atoms. The fraction of sp³-hybridized carbons (Fsp3) is 0.800. The Morgan fingerprint density at radius 3 is 1.45 bits per heavy atom. The normalized spacial score (nSPS) is 13.1. The van der Waals surface area contributed by atoms with Crippen LogP contribution in [0, 0.1) is 5.92 Å². The van der Waals surface area contributed by atoms with Crippen LogP contribution in [0.3, 0.4) is 0 Å². The molecule has 0 saturated heterocycles. The molecule has 0 N–H and O–H groups in total. The predicted octanol–water partition coefficient (Wildman–Crippen LogP) is 10.6. The van der Waals surface area contributed by atoms with Gasteiger partial charge in [-0.05, 0) is 110 Å². The highest BCUT2D eigenvalue weighted by Crippen LogP contribution is 2.26. The van der Waals surface area contributed by atoms with E-state index in [0.29, 0.717) is 12.3 Å². The Balaban J connectivity index is 5.15. The van der Waals surface area contributed by atoms with Gasteiger partial charge in [-0.1, -0.05) is 95.8 Å². The fourth-order valence-electron chi connectivity index (χ4n) is 4.80. The van der Waals surface area contributed by atoms with Gasteiger partial charge in [0.1, 0.15) is 6.10 Å². The number of rotatable bonds is 27. The zero-order valence-electron chi connectivity index (χ0n) is 26.2. The molecule has 0 spiro atoms. The third-order valence-electron chi connectivity index (χ3n) is 7.24. The molecule has 1 unspecified atom stereocenters. The molecule has 0 rings (SSSR count). The maximum absolute atomic E-state index is 12.8. The van der Waals surface area contributed by atoms with Gasteiger partial charge in [0.25, 0.3) is 0 Å². The van der Waals surface area contributed by atoms with Gasteiger partial charge < -0.3 is 9.64 Å². The van der Waals surface area contributed by atoms with E-state index in [1.54, 1.807) is 0 Å². The van der Waals surface area contributed by atoms with E-state index in [1.165, 1.54) is 70.6 Å². The fourth-order valence-corrected chi connectivity index (χ4v) is 4.80. The molecule has 0 aliphatic heterocycles. The van der Waals surface area contributed by atoms with Crippen molar-refractivity contribution in [2.24, 2.45) is 5.92 Å². The summed E-state index contributed by atoms with van der Waals surface area (Å²) in [6.45, 7) is 7.70. The van der Waals surface area contributed by atoms with Gasteiger partial charge in [0.05, 0.1) is 0 Å². The quantitative estimate of drug-likeness (QED) is 0.0599. The Hall–Kier alpha value is -1.35. The van der Waals surface area contributed by atoms with Crippen LogP contribution in [0.5, 0.6) is 0 Å². The summed E-state index contributed by atoms with van der Waals surface area (Å²) in [7, 11) is 4.12. The van der Waals surface area contributed by atoms with Gasteiger partial charge in [-0.15, -0.1) is 0 Å². The molecule has 0 aliphatic rings. The summed E-state index contributed by atoms with van der Waals surface area (Å²) in [5.74, 6) is 0.404. The summed E-state index contributed by atoms with van der Waals surface area (Å²) in [5, 5.41) is 0. The second-order valence-electron chi connectivity index (χ2n) is 11.3. The average molecular weight is 532 g/mol. The van der Waals surface area contributed by atoms with Gasteiger partial charge in [-0.2, -0.15) is 0 Å². The minimum absolute atomic E-state index is 0.0148. The van der Waals surface area contributed by atoms with Crippen LogP contribution >= 0.6 is 0 Å². The van der Waals surface area contributed by atoms with Crippen molar-refractivity contribution in [2.75, 3.05) is 20.6 Å². The minimum atomic E-state index is -0.0148. The monoisotopic (exact) mass is 532 g/mol. The first kappa shape index (κ1) is 36.6. The lowest BCUT2D eigenvalue weighted by Gasteiger charge is -2.27. The van der Waals surface area contributed by atoms with Crippen molar-refractivity contribution in [1.82, 2.24) is 4.90 Å². The van der Waals surface area contributed by atoms with Crippen LogP contribution in [0.25, 0.3) is 0 Å². The van der Waals surface area contributed by atoms with Crippen LogP contribution in [0.4, 0.5) is 0 Å². The summed E-state index contributed by atoms with van der Waals surface area (Å²) >= 11 is 0. The van der Waals surface area contributed by atoms with Gasteiger partial charge >= 0.3 is 5.97 Å². The topological polar surface area (TPSA) is 29.5 Å². The smallest absolute Gasteiger partial charge is 0.306 e. The molecule has 0 aromatic carbocycles. The van der Waals surface area contributed by atoms with Crippen molar-refractivity contribution < 1.29 is 9.53 Å². The molecule has 3 nitrogen and oxygen atoms in total. The molecule has 0 radical (unpaired) electrons. The molecule has 0 aromatic heterocycles. The number of nitrogens with zero attached hydrogens (tertiary/aromatic N) is 1. The zero-order chi connectivity index (χ0) is 28.1. The Morgan fingerprint density at radius 2 is 1.03 bits per heavy atom. The van der Waals surface area contributed by atoms with Crippen LogP contribution in [0.2, 0.25) is 0 Å². The SMILES string of the molecule is CCCCC/C=C\CCC(CC/C=C\CCCCC)C(CC/C=C\CCCCC)OC(=O)CCCN(C)C. The van der Waals surface area contributed by atoms with Gasteiger partial charge in [-0.25, -0.2) is 0 Å². The van der Waals surface area contributed by atoms with E-state index in [0.717, 1.165) is 57.9 Å². The lowest BCUT2D eigenvalue weighted by Crippen LogP contribution is -2.27.